The monoisotopic (exact) mass is 233 g/mol. The molecule has 0 aliphatic carbocycles. The lowest BCUT2D eigenvalue weighted by molar-refractivity contribution is 0.712. The lowest BCUT2D eigenvalue weighted by atomic mass is 10.2. The van der Waals surface area contributed by atoms with Crippen LogP contribution in [0.4, 0.5) is 0 Å². The zero-order chi connectivity index (χ0) is 8.43. The van der Waals surface area contributed by atoms with Gasteiger partial charge >= 0.3 is 0 Å². The number of hydrogen-bond acceptors (Lipinski definition) is 2. The van der Waals surface area contributed by atoms with E-state index in [1.165, 1.54) is 14.2 Å². The molecular formula is C8H12BrNS. The Morgan fingerprint density at radius 3 is 2.73 bits per heavy atom. The number of thiophene rings is 1. The van der Waals surface area contributed by atoms with E-state index in [-0.39, 0.29) is 6.04 Å². The third kappa shape index (κ3) is 2.04. The van der Waals surface area contributed by atoms with E-state index >= 15 is 0 Å². The molecule has 0 fully saturated rings. The van der Waals surface area contributed by atoms with Crippen LogP contribution in [0.2, 0.25) is 0 Å². The molecule has 1 rings (SSSR count). The fourth-order valence-corrected chi connectivity index (χ4v) is 2.51. The predicted octanol–water partition coefficient (Wildman–Crippen LogP) is 3.23. The summed E-state index contributed by atoms with van der Waals surface area (Å²) in [5.41, 5.74) is 5.87. The van der Waals surface area contributed by atoms with Crippen LogP contribution < -0.4 is 5.73 Å². The summed E-state index contributed by atoms with van der Waals surface area (Å²) in [4.78, 5) is 2.58. The number of nitrogens with two attached hydrogens (primary N) is 1. The second-order valence-corrected chi connectivity index (χ2v) is 4.71. The minimum atomic E-state index is 0.213. The maximum atomic E-state index is 5.87. The van der Waals surface area contributed by atoms with Crippen molar-refractivity contribution >= 4 is 27.3 Å². The van der Waals surface area contributed by atoms with Crippen molar-refractivity contribution in [3.63, 3.8) is 0 Å². The van der Waals surface area contributed by atoms with Gasteiger partial charge in [-0.05, 0) is 35.3 Å². The Morgan fingerprint density at radius 1 is 1.73 bits per heavy atom. The molecule has 0 aliphatic heterocycles. The standard InChI is InChI=1S/C8H12BrNS/c1-3-7(10)8-4-6(9)5(2)11-8/h4,7H,3,10H2,1-2H3. The van der Waals surface area contributed by atoms with Crippen LogP contribution in [0.5, 0.6) is 0 Å². The molecular weight excluding hydrogens is 222 g/mol. The minimum Gasteiger partial charge on any atom is -0.323 e. The molecule has 1 nitrogen and oxygen atoms in total. The van der Waals surface area contributed by atoms with Gasteiger partial charge in [-0.3, -0.25) is 0 Å². The molecule has 1 aromatic rings. The summed E-state index contributed by atoms with van der Waals surface area (Å²) in [5, 5.41) is 0. The summed E-state index contributed by atoms with van der Waals surface area (Å²) in [5.74, 6) is 0. The van der Waals surface area contributed by atoms with E-state index in [0.717, 1.165) is 6.42 Å². The fourth-order valence-electron chi connectivity index (χ4n) is 0.865. The Morgan fingerprint density at radius 2 is 2.36 bits per heavy atom. The fraction of sp³-hybridized carbons (Fsp3) is 0.500. The molecule has 0 amide bonds. The minimum absolute atomic E-state index is 0.213. The molecule has 1 heterocycles. The van der Waals surface area contributed by atoms with Crippen LogP contribution in [0, 0.1) is 6.92 Å². The van der Waals surface area contributed by atoms with Crippen LogP contribution in [0.15, 0.2) is 10.5 Å². The topological polar surface area (TPSA) is 26.0 Å². The van der Waals surface area contributed by atoms with Crippen molar-refractivity contribution in [2.45, 2.75) is 26.3 Å². The summed E-state index contributed by atoms with van der Waals surface area (Å²) >= 11 is 5.24. The summed E-state index contributed by atoms with van der Waals surface area (Å²) in [7, 11) is 0. The van der Waals surface area contributed by atoms with Crippen molar-refractivity contribution in [1.29, 1.82) is 0 Å². The van der Waals surface area contributed by atoms with Gasteiger partial charge in [0.15, 0.2) is 0 Å². The number of halogens is 1. The number of rotatable bonds is 2. The van der Waals surface area contributed by atoms with Crippen LogP contribution in [0.25, 0.3) is 0 Å². The first-order chi connectivity index (χ1) is 5.15. The molecule has 1 unspecified atom stereocenters. The van der Waals surface area contributed by atoms with Crippen LogP contribution in [0.3, 0.4) is 0 Å². The average molecular weight is 234 g/mol. The molecule has 0 radical (unpaired) electrons. The van der Waals surface area contributed by atoms with Gasteiger partial charge in [0.05, 0.1) is 0 Å². The van der Waals surface area contributed by atoms with Crippen molar-refractivity contribution in [3.8, 4) is 0 Å². The predicted molar refractivity (Wildman–Crippen MR) is 54.0 cm³/mol. The van der Waals surface area contributed by atoms with Gasteiger partial charge in [-0.2, -0.15) is 0 Å². The Labute approximate surface area is 79.7 Å². The largest absolute Gasteiger partial charge is 0.323 e. The normalized spacial score (nSPS) is 13.5. The molecule has 3 heteroatoms. The molecule has 0 spiro atoms. The number of aryl methyl sites for hydroxylation is 1. The first kappa shape index (κ1) is 9.23. The van der Waals surface area contributed by atoms with E-state index in [4.69, 9.17) is 5.73 Å². The van der Waals surface area contributed by atoms with Crippen molar-refractivity contribution in [2.75, 3.05) is 0 Å². The summed E-state index contributed by atoms with van der Waals surface area (Å²) in [6, 6.07) is 2.33. The van der Waals surface area contributed by atoms with Gasteiger partial charge in [-0.15, -0.1) is 11.3 Å². The molecule has 0 aromatic carbocycles. The maximum Gasteiger partial charge on any atom is 0.0387 e. The zero-order valence-corrected chi connectivity index (χ0v) is 9.13. The highest BCUT2D eigenvalue weighted by atomic mass is 79.9. The smallest absolute Gasteiger partial charge is 0.0387 e. The quantitative estimate of drug-likeness (QED) is 0.835. The van der Waals surface area contributed by atoms with Crippen molar-refractivity contribution < 1.29 is 0 Å². The Balaban J connectivity index is 2.88. The Kier molecular flexibility index (Phi) is 3.10. The highest BCUT2D eigenvalue weighted by Gasteiger charge is 2.08. The number of hydrogen-bond donors (Lipinski definition) is 1. The van der Waals surface area contributed by atoms with Gasteiger partial charge in [-0.25, -0.2) is 0 Å². The summed E-state index contributed by atoms with van der Waals surface area (Å²) in [6.45, 7) is 4.20. The average Bonchev–Trinajstić information content (AvgIpc) is 2.31. The van der Waals surface area contributed by atoms with Crippen LogP contribution in [-0.4, -0.2) is 0 Å². The Hall–Kier alpha value is 0.140. The lowest BCUT2D eigenvalue weighted by Gasteiger charge is -2.03. The highest BCUT2D eigenvalue weighted by Crippen LogP contribution is 2.30. The summed E-state index contributed by atoms with van der Waals surface area (Å²) < 4.78 is 1.18. The van der Waals surface area contributed by atoms with Crippen molar-refractivity contribution in [3.05, 3.63) is 20.3 Å². The van der Waals surface area contributed by atoms with E-state index < -0.39 is 0 Å². The lowest BCUT2D eigenvalue weighted by Crippen LogP contribution is -2.05. The van der Waals surface area contributed by atoms with Gasteiger partial charge < -0.3 is 5.73 Å². The second-order valence-electron chi connectivity index (χ2n) is 2.57. The first-order valence-electron chi connectivity index (χ1n) is 3.66. The molecule has 0 saturated carbocycles. The van der Waals surface area contributed by atoms with Gasteiger partial charge in [0.25, 0.3) is 0 Å². The molecule has 1 atom stereocenters. The van der Waals surface area contributed by atoms with Crippen LogP contribution in [-0.2, 0) is 0 Å². The van der Waals surface area contributed by atoms with E-state index in [1.807, 2.05) is 0 Å². The third-order valence-corrected chi connectivity index (χ3v) is 3.95. The van der Waals surface area contributed by atoms with E-state index in [9.17, 15) is 0 Å². The van der Waals surface area contributed by atoms with Crippen LogP contribution in [0.1, 0.15) is 29.1 Å². The molecule has 11 heavy (non-hydrogen) atoms. The van der Waals surface area contributed by atoms with Gasteiger partial charge in [-0.1, -0.05) is 6.92 Å². The summed E-state index contributed by atoms with van der Waals surface area (Å²) in [6.07, 6.45) is 1.01. The van der Waals surface area contributed by atoms with Gasteiger partial charge in [0.1, 0.15) is 0 Å². The molecule has 1 aromatic heterocycles. The third-order valence-electron chi connectivity index (χ3n) is 1.68. The molecule has 0 bridgehead atoms. The zero-order valence-electron chi connectivity index (χ0n) is 6.73. The van der Waals surface area contributed by atoms with Crippen molar-refractivity contribution in [1.82, 2.24) is 0 Å². The molecule has 62 valence electrons. The molecule has 0 aliphatic rings. The van der Waals surface area contributed by atoms with Crippen LogP contribution >= 0.6 is 27.3 Å². The van der Waals surface area contributed by atoms with Gasteiger partial charge in [0.2, 0.25) is 0 Å². The van der Waals surface area contributed by atoms with E-state index in [2.05, 4.69) is 35.8 Å². The molecule has 0 saturated heterocycles. The second kappa shape index (κ2) is 3.70. The molecule has 2 N–H and O–H groups in total. The maximum absolute atomic E-state index is 5.87. The Bertz CT molecular complexity index is 225. The highest BCUT2D eigenvalue weighted by molar-refractivity contribution is 9.10. The van der Waals surface area contributed by atoms with Crippen molar-refractivity contribution in [2.24, 2.45) is 5.73 Å². The SMILES string of the molecule is CCC(N)c1cc(Br)c(C)s1. The first-order valence-corrected chi connectivity index (χ1v) is 5.27. The van der Waals surface area contributed by atoms with E-state index in [1.54, 1.807) is 11.3 Å². The van der Waals surface area contributed by atoms with E-state index in [0.29, 0.717) is 0 Å². The van der Waals surface area contributed by atoms with Gasteiger partial charge in [0, 0.05) is 20.3 Å².